The van der Waals surface area contributed by atoms with Gasteiger partial charge in [0, 0.05) is 5.56 Å². The number of methoxy groups -OCH3 is 1. The molecule has 1 aliphatic carbocycles. The third kappa shape index (κ3) is 3.85. The molecule has 29 heavy (non-hydrogen) atoms. The molecule has 0 spiro atoms. The zero-order valence-electron chi connectivity index (χ0n) is 18.8. The maximum Gasteiger partial charge on any atom is 0.143 e. The molecule has 2 aromatic rings. The van der Waals surface area contributed by atoms with Gasteiger partial charge in [-0.1, -0.05) is 58.5 Å². The minimum atomic E-state index is -0.152. The molecule has 0 saturated carbocycles. The van der Waals surface area contributed by atoms with Gasteiger partial charge in [0.05, 0.1) is 12.7 Å². The Kier molecular flexibility index (Phi) is 6.21. The third-order valence-corrected chi connectivity index (χ3v) is 5.83. The minimum absolute atomic E-state index is 0.152. The van der Waals surface area contributed by atoms with Crippen molar-refractivity contribution in [3.05, 3.63) is 65.8 Å². The highest BCUT2D eigenvalue weighted by Gasteiger charge is 2.31. The molecule has 4 rings (SSSR count). The van der Waals surface area contributed by atoms with E-state index in [0.717, 1.165) is 23.5 Å². The number of allylic oxidation sites excluding steroid dienone is 2. The second-order valence-electron chi connectivity index (χ2n) is 8.34. The summed E-state index contributed by atoms with van der Waals surface area (Å²) >= 11 is 0. The Morgan fingerprint density at radius 3 is 2.59 bits per heavy atom. The Morgan fingerprint density at radius 1 is 1.14 bits per heavy atom. The number of hydrogen-bond donors (Lipinski definition) is 0. The van der Waals surface area contributed by atoms with Crippen molar-refractivity contribution in [2.24, 2.45) is 5.41 Å². The highest BCUT2D eigenvalue weighted by atomic mass is 16.5. The van der Waals surface area contributed by atoms with Gasteiger partial charge < -0.3 is 9.47 Å². The van der Waals surface area contributed by atoms with Crippen molar-refractivity contribution in [3.63, 3.8) is 0 Å². The number of fused-ring (bicyclic) bond motifs is 5. The molecule has 1 aliphatic heterocycles. The van der Waals surface area contributed by atoms with Crippen LogP contribution < -0.4 is 9.47 Å². The van der Waals surface area contributed by atoms with Gasteiger partial charge in [-0.2, -0.15) is 0 Å². The lowest BCUT2D eigenvalue weighted by Crippen LogP contribution is -2.18. The Balaban J connectivity index is 0.00000117. The van der Waals surface area contributed by atoms with Crippen LogP contribution >= 0.6 is 0 Å². The average molecular weight is 391 g/mol. The lowest BCUT2D eigenvalue weighted by Gasteiger charge is -2.33. The molecule has 0 saturated heterocycles. The van der Waals surface area contributed by atoms with Gasteiger partial charge in [0.2, 0.25) is 0 Å². The van der Waals surface area contributed by atoms with Gasteiger partial charge in [-0.15, -0.1) is 0 Å². The summed E-state index contributed by atoms with van der Waals surface area (Å²) in [5.41, 5.74) is 7.76. The Bertz CT molecular complexity index is 934. The molecule has 0 bridgehead atoms. The lowest BCUT2D eigenvalue weighted by atomic mass is 9.76. The molecule has 0 fully saturated rings. The van der Waals surface area contributed by atoms with Crippen LogP contribution in [0.4, 0.5) is 0 Å². The molecule has 1 atom stereocenters. The Morgan fingerprint density at radius 2 is 1.90 bits per heavy atom. The quantitative estimate of drug-likeness (QED) is 0.488. The van der Waals surface area contributed by atoms with Crippen molar-refractivity contribution in [1.29, 1.82) is 0 Å². The predicted octanol–water partition coefficient (Wildman–Crippen LogP) is 7.77. The predicted molar refractivity (Wildman–Crippen MR) is 124 cm³/mol. The van der Waals surface area contributed by atoms with E-state index in [4.69, 9.17) is 9.47 Å². The van der Waals surface area contributed by atoms with Crippen LogP contribution in [-0.2, 0) is 6.42 Å². The first-order valence-corrected chi connectivity index (χ1v) is 10.8. The first-order chi connectivity index (χ1) is 13.9. The molecular weight excluding hydrogens is 356 g/mol. The number of rotatable bonds is 2. The summed E-state index contributed by atoms with van der Waals surface area (Å²) in [7, 11) is 1.72. The van der Waals surface area contributed by atoms with Crippen LogP contribution in [0.2, 0.25) is 0 Å². The molecular formula is C27H34O2. The number of aryl methyl sites for hydroxylation is 1. The van der Waals surface area contributed by atoms with Crippen LogP contribution in [-0.4, -0.2) is 7.11 Å². The summed E-state index contributed by atoms with van der Waals surface area (Å²) in [5, 5.41) is 0. The summed E-state index contributed by atoms with van der Waals surface area (Å²) in [6.45, 7) is 15.0. The van der Waals surface area contributed by atoms with Crippen molar-refractivity contribution in [2.75, 3.05) is 7.11 Å². The smallest absolute Gasteiger partial charge is 0.143 e. The summed E-state index contributed by atoms with van der Waals surface area (Å²) in [5.74, 6) is 1.71. The van der Waals surface area contributed by atoms with Gasteiger partial charge in [0.25, 0.3) is 0 Å². The molecule has 154 valence electrons. The molecule has 2 aromatic carbocycles. The van der Waals surface area contributed by atoms with Crippen LogP contribution in [0, 0.1) is 5.41 Å². The normalized spacial score (nSPS) is 20.6. The number of hydrogen-bond acceptors (Lipinski definition) is 2. The van der Waals surface area contributed by atoms with E-state index in [9.17, 15) is 0 Å². The van der Waals surface area contributed by atoms with Gasteiger partial charge in [-0.3, -0.25) is 0 Å². The lowest BCUT2D eigenvalue weighted by molar-refractivity contribution is 0.250. The van der Waals surface area contributed by atoms with Crippen LogP contribution in [0.3, 0.4) is 0 Å². The van der Waals surface area contributed by atoms with Crippen molar-refractivity contribution in [2.45, 2.75) is 60.0 Å². The van der Waals surface area contributed by atoms with E-state index in [1.54, 1.807) is 7.11 Å². The van der Waals surface area contributed by atoms with Crippen LogP contribution in [0.25, 0.3) is 16.7 Å². The zero-order chi connectivity index (χ0) is 21.2. The Hall–Kier alpha value is -2.48. The van der Waals surface area contributed by atoms with E-state index in [0.29, 0.717) is 0 Å². The van der Waals surface area contributed by atoms with E-state index >= 15 is 0 Å². The average Bonchev–Trinajstić information content (AvgIpc) is 2.72. The molecule has 2 aliphatic rings. The van der Waals surface area contributed by atoms with E-state index in [1.165, 1.54) is 40.7 Å². The second-order valence-corrected chi connectivity index (χ2v) is 8.34. The van der Waals surface area contributed by atoms with Gasteiger partial charge in [0.1, 0.15) is 17.6 Å². The standard InChI is InChI=1S/C25H28O2.C2H6/c1-6-19-24-18(23-20(26-5)10-7-11-21(23)27-19)13-12-17-9-8-14-25(3,4)15-16(2)22(17)24;1-2/h6-7,10-13,15,19H,1,8-9,14H2,2-5H3;1-2H3/b16-15-;. The highest BCUT2D eigenvalue weighted by molar-refractivity contribution is 5.86. The van der Waals surface area contributed by atoms with Gasteiger partial charge in [-0.05, 0) is 72.1 Å². The van der Waals surface area contributed by atoms with Crippen LogP contribution in [0.15, 0.2) is 49.1 Å². The second kappa shape index (κ2) is 8.49. The minimum Gasteiger partial charge on any atom is -0.496 e. The van der Waals surface area contributed by atoms with E-state index in [2.05, 4.69) is 45.6 Å². The molecule has 0 amide bonds. The van der Waals surface area contributed by atoms with Gasteiger partial charge >= 0.3 is 0 Å². The molecule has 0 aromatic heterocycles. The fourth-order valence-electron chi connectivity index (χ4n) is 4.72. The summed E-state index contributed by atoms with van der Waals surface area (Å²) in [6.07, 6.45) is 7.70. The third-order valence-electron chi connectivity index (χ3n) is 5.83. The first kappa shape index (κ1) is 21.2. The number of benzene rings is 2. The molecule has 2 nitrogen and oxygen atoms in total. The van der Waals surface area contributed by atoms with Crippen LogP contribution in [0.5, 0.6) is 11.5 Å². The fourth-order valence-corrected chi connectivity index (χ4v) is 4.72. The topological polar surface area (TPSA) is 18.5 Å². The number of ether oxygens (including phenoxy) is 2. The zero-order valence-corrected chi connectivity index (χ0v) is 18.8. The van der Waals surface area contributed by atoms with Crippen LogP contribution in [0.1, 0.15) is 70.3 Å². The van der Waals surface area contributed by atoms with E-state index < -0.39 is 0 Å². The monoisotopic (exact) mass is 390 g/mol. The fraction of sp³-hybridized carbons (Fsp3) is 0.407. The van der Waals surface area contributed by atoms with Crippen molar-refractivity contribution in [1.82, 2.24) is 0 Å². The van der Waals surface area contributed by atoms with Crippen molar-refractivity contribution >= 4 is 5.57 Å². The Labute approximate surface area is 176 Å². The summed E-state index contributed by atoms with van der Waals surface area (Å²) < 4.78 is 12.0. The van der Waals surface area contributed by atoms with Gasteiger partial charge in [0.15, 0.2) is 0 Å². The van der Waals surface area contributed by atoms with E-state index in [1.807, 2.05) is 38.1 Å². The van der Waals surface area contributed by atoms with Crippen molar-refractivity contribution in [3.8, 4) is 22.6 Å². The highest BCUT2D eigenvalue weighted by Crippen LogP contribution is 2.50. The maximum atomic E-state index is 6.36. The van der Waals surface area contributed by atoms with Gasteiger partial charge in [-0.25, -0.2) is 0 Å². The molecule has 0 radical (unpaired) electrons. The molecule has 0 N–H and O–H groups in total. The van der Waals surface area contributed by atoms with E-state index in [-0.39, 0.29) is 11.5 Å². The summed E-state index contributed by atoms with van der Waals surface area (Å²) in [4.78, 5) is 0. The molecule has 2 heteroatoms. The van der Waals surface area contributed by atoms with Crippen molar-refractivity contribution < 1.29 is 9.47 Å². The SMILES string of the molecule is C=CC1Oc2cccc(OC)c2-c2ccc3c(c21)/C(C)=C\C(C)(C)CCC3.CC. The molecule has 1 heterocycles. The molecule has 1 unspecified atom stereocenters. The first-order valence-electron chi connectivity index (χ1n) is 10.8. The maximum absolute atomic E-state index is 6.36. The summed E-state index contributed by atoms with van der Waals surface area (Å²) in [6, 6.07) is 10.5. The largest absolute Gasteiger partial charge is 0.496 e.